The summed E-state index contributed by atoms with van der Waals surface area (Å²) >= 11 is 0. The van der Waals surface area contributed by atoms with Gasteiger partial charge in [0.15, 0.2) is 0 Å². The quantitative estimate of drug-likeness (QED) is 0.672. The summed E-state index contributed by atoms with van der Waals surface area (Å²) in [5.74, 6) is 0.605. The molecule has 92 valence electrons. The average Bonchev–Trinajstić information content (AvgIpc) is 2.15. The van der Waals surface area contributed by atoms with Gasteiger partial charge in [0.1, 0.15) is 0 Å². The summed E-state index contributed by atoms with van der Waals surface area (Å²) in [6.07, 6.45) is 2.50. The lowest BCUT2D eigenvalue weighted by molar-refractivity contribution is 0.0722. The largest absolute Gasteiger partial charge is 0.384 e. The van der Waals surface area contributed by atoms with Crippen molar-refractivity contribution < 1.29 is 4.74 Å². The highest BCUT2D eigenvalue weighted by Crippen LogP contribution is 2.32. The van der Waals surface area contributed by atoms with Crippen molar-refractivity contribution in [2.45, 2.75) is 53.5 Å². The van der Waals surface area contributed by atoms with Crippen molar-refractivity contribution in [3.8, 4) is 0 Å². The first-order valence-electron chi connectivity index (χ1n) is 6.18. The normalized spacial score (nSPS) is 17.8. The number of hydrogen-bond donors (Lipinski definition) is 1. The van der Waals surface area contributed by atoms with Crippen molar-refractivity contribution in [2.24, 2.45) is 11.3 Å². The third kappa shape index (κ3) is 5.53. The van der Waals surface area contributed by atoms with Gasteiger partial charge in [0.05, 0.1) is 0 Å². The Balaban J connectivity index is 4.28. The maximum Gasteiger partial charge on any atom is 0.0493 e. The van der Waals surface area contributed by atoms with E-state index in [0.29, 0.717) is 17.4 Å². The van der Waals surface area contributed by atoms with Crippen molar-refractivity contribution in [2.75, 3.05) is 20.3 Å². The topological polar surface area (TPSA) is 21.3 Å². The van der Waals surface area contributed by atoms with Crippen molar-refractivity contribution in [1.29, 1.82) is 0 Å². The van der Waals surface area contributed by atoms with Gasteiger partial charge in [-0.15, -0.1) is 0 Å². The fraction of sp³-hybridized carbons (Fsp3) is 1.00. The fourth-order valence-corrected chi connectivity index (χ4v) is 1.97. The molecular formula is C13H29NO. The summed E-state index contributed by atoms with van der Waals surface area (Å²) < 4.78 is 5.28. The SMILES string of the molecule is CCCC(C)(CNC(C)C)C(C)COC. The molecule has 0 fully saturated rings. The predicted octanol–water partition coefficient (Wildman–Crippen LogP) is 3.07. The zero-order chi connectivity index (χ0) is 11.9. The minimum absolute atomic E-state index is 0.356. The molecule has 0 amide bonds. The predicted molar refractivity (Wildman–Crippen MR) is 67.2 cm³/mol. The van der Waals surface area contributed by atoms with Gasteiger partial charge in [-0.25, -0.2) is 0 Å². The van der Waals surface area contributed by atoms with E-state index >= 15 is 0 Å². The molecule has 0 saturated heterocycles. The van der Waals surface area contributed by atoms with Crippen LogP contribution in [0.2, 0.25) is 0 Å². The third-order valence-electron chi connectivity index (χ3n) is 3.34. The molecule has 0 heterocycles. The molecule has 0 aromatic heterocycles. The van der Waals surface area contributed by atoms with E-state index in [4.69, 9.17) is 4.74 Å². The molecule has 0 aromatic carbocycles. The number of methoxy groups -OCH3 is 1. The van der Waals surface area contributed by atoms with Crippen LogP contribution in [0.5, 0.6) is 0 Å². The lowest BCUT2D eigenvalue weighted by Gasteiger charge is -2.36. The van der Waals surface area contributed by atoms with E-state index < -0.39 is 0 Å². The maximum absolute atomic E-state index is 5.28. The first-order valence-corrected chi connectivity index (χ1v) is 6.18. The second-order valence-corrected chi connectivity index (χ2v) is 5.30. The molecular weight excluding hydrogens is 186 g/mol. The maximum atomic E-state index is 5.28. The van der Waals surface area contributed by atoms with Crippen LogP contribution in [0, 0.1) is 11.3 Å². The zero-order valence-corrected chi connectivity index (χ0v) is 11.4. The molecule has 0 rings (SSSR count). The first kappa shape index (κ1) is 14.9. The summed E-state index contributed by atoms with van der Waals surface area (Å²) in [7, 11) is 1.79. The molecule has 0 radical (unpaired) electrons. The average molecular weight is 215 g/mol. The van der Waals surface area contributed by atoms with Crippen molar-refractivity contribution in [1.82, 2.24) is 5.32 Å². The van der Waals surface area contributed by atoms with Crippen LogP contribution in [-0.2, 0) is 4.74 Å². The summed E-state index contributed by atoms with van der Waals surface area (Å²) in [4.78, 5) is 0. The number of hydrogen-bond acceptors (Lipinski definition) is 2. The molecule has 0 spiro atoms. The summed E-state index contributed by atoms with van der Waals surface area (Å²) in [5.41, 5.74) is 0.356. The summed E-state index contributed by atoms with van der Waals surface area (Å²) in [6.45, 7) is 13.3. The van der Waals surface area contributed by atoms with Crippen LogP contribution in [0.25, 0.3) is 0 Å². The lowest BCUT2D eigenvalue weighted by atomic mass is 9.74. The van der Waals surface area contributed by atoms with Gasteiger partial charge in [-0.1, -0.05) is 41.0 Å². The molecule has 0 saturated carbocycles. The van der Waals surface area contributed by atoms with E-state index in [-0.39, 0.29) is 0 Å². The Morgan fingerprint density at radius 2 is 1.87 bits per heavy atom. The van der Waals surface area contributed by atoms with Gasteiger partial charge < -0.3 is 10.1 Å². The molecule has 0 aliphatic heterocycles. The van der Waals surface area contributed by atoms with Crippen LogP contribution in [0.4, 0.5) is 0 Å². The molecule has 0 aliphatic rings. The minimum Gasteiger partial charge on any atom is -0.384 e. The zero-order valence-electron chi connectivity index (χ0n) is 11.4. The van der Waals surface area contributed by atoms with Gasteiger partial charge in [-0.2, -0.15) is 0 Å². The summed E-state index contributed by atoms with van der Waals surface area (Å²) in [6, 6.07) is 0.566. The van der Waals surface area contributed by atoms with E-state index in [1.54, 1.807) is 7.11 Å². The van der Waals surface area contributed by atoms with E-state index in [1.807, 2.05) is 0 Å². The van der Waals surface area contributed by atoms with Crippen molar-refractivity contribution in [3.63, 3.8) is 0 Å². The Hall–Kier alpha value is -0.0800. The number of rotatable bonds is 8. The molecule has 2 nitrogen and oxygen atoms in total. The molecule has 2 atom stereocenters. The van der Waals surface area contributed by atoms with Gasteiger partial charge in [0, 0.05) is 26.3 Å². The van der Waals surface area contributed by atoms with Gasteiger partial charge in [0.25, 0.3) is 0 Å². The molecule has 0 aliphatic carbocycles. The van der Waals surface area contributed by atoms with Crippen LogP contribution in [-0.4, -0.2) is 26.3 Å². The van der Waals surface area contributed by atoms with Crippen LogP contribution in [0.1, 0.15) is 47.5 Å². The molecule has 1 N–H and O–H groups in total. The number of ether oxygens (including phenoxy) is 1. The van der Waals surface area contributed by atoms with Gasteiger partial charge >= 0.3 is 0 Å². The fourth-order valence-electron chi connectivity index (χ4n) is 1.97. The van der Waals surface area contributed by atoms with E-state index in [2.05, 4.69) is 39.9 Å². The Morgan fingerprint density at radius 3 is 2.27 bits per heavy atom. The molecule has 0 aromatic rings. The second kappa shape index (κ2) is 7.24. The van der Waals surface area contributed by atoms with Crippen LogP contribution in [0.15, 0.2) is 0 Å². The van der Waals surface area contributed by atoms with Gasteiger partial charge in [-0.3, -0.25) is 0 Å². The smallest absolute Gasteiger partial charge is 0.0493 e. The Kier molecular flexibility index (Phi) is 7.20. The van der Waals surface area contributed by atoms with Crippen LogP contribution < -0.4 is 5.32 Å². The van der Waals surface area contributed by atoms with Gasteiger partial charge in [-0.05, 0) is 17.8 Å². The molecule has 2 heteroatoms. The monoisotopic (exact) mass is 215 g/mol. The van der Waals surface area contributed by atoms with E-state index in [1.165, 1.54) is 12.8 Å². The highest BCUT2D eigenvalue weighted by Gasteiger charge is 2.30. The Labute approximate surface area is 95.8 Å². The van der Waals surface area contributed by atoms with E-state index in [0.717, 1.165) is 13.2 Å². The highest BCUT2D eigenvalue weighted by molar-refractivity contribution is 4.82. The standard InChI is InChI=1S/C13H29NO/c1-7-8-13(5,10-14-11(2)3)12(4)9-15-6/h11-12,14H,7-10H2,1-6H3. The van der Waals surface area contributed by atoms with Crippen LogP contribution >= 0.6 is 0 Å². The lowest BCUT2D eigenvalue weighted by Crippen LogP contribution is -2.41. The summed E-state index contributed by atoms with van der Waals surface area (Å²) in [5, 5.41) is 3.55. The van der Waals surface area contributed by atoms with Gasteiger partial charge in [0.2, 0.25) is 0 Å². The minimum atomic E-state index is 0.356. The number of nitrogens with one attached hydrogen (secondary N) is 1. The molecule has 15 heavy (non-hydrogen) atoms. The molecule has 0 bridgehead atoms. The molecule has 2 unspecified atom stereocenters. The third-order valence-corrected chi connectivity index (χ3v) is 3.34. The second-order valence-electron chi connectivity index (χ2n) is 5.30. The van der Waals surface area contributed by atoms with Crippen molar-refractivity contribution >= 4 is 0 Å². The highest BCUT2D eigenvalue weighted by atomic mass is 16.5. The van der Waals surface area contributed by atoms with Crippen molar-refractivity contribution in [3.05, 3.63) is 0 Å². The first-order chi connectivity index (χ1) is 6.96. The van der Waals surface area contributed by atoms with Crippen LogP contribution in [0.3, 0.4) is 0 Å². The van der Waals surface area contributed by atoms with E-state index in [9.17, 15) is 0 Å². The Morgan fingerprint density at radius 1 is 1.27 bits per heavy atom. The Bertz CT molecular complexity index is 159.